The molecule has 0 aromatic heterocycles. The summed E-state index contributed by atoms with van der Waals surface area (Å²) < 4.78 is 5.87. The average molecular weight is 259 g/mol. The van der Waals surface area contributed by atoms with Gasteiger partial charge in [-0.25, -0.2) is 0 Å². The number of hydrogen-bond acceptors (Lipinski definition) is 2. The highest BCUT2D eigenvalue weighted by molar-refractivity contribution is 6.32. The minimum atomic E-state index is -0.244. The summed E-state index contributed by atoms with van der Waals surface area (Å²) >= 11 is 6.08. The van der Waals surface area contributed by atoms with Gasteiger partial charge in [-0.15, -0.1) is 0 Å². The van der Waals surface area contributed by atoms with E-state index in [2.05, 4.69) is 0 Å². The topological polar surface area (TPSA) is 26.3 Å². The fraction of sp³-hybridized carbons (Fsp3) is 0.133. The van der Waals surface area contributed by atoms with E-state index in [1.54, 1.807) is 18.2 Å². The van der Waals surface area contributed by atoms with E-state index in [9.17, 15) is 4.79 Å². The van der Waals surface area contributed by atoms with Crippen LogP contribution in [0.1, 0.15) is 28.4 Å². The lowest BCUT2D eigenvalue weighted by Gasteiger charge is -2.26. The van der Waals surface area contributed by atoms with Crippen molar-refractivity contribution in [1.82, 2.24) is 0 Å². The van der Waals surface area contributed by atoms with Gasteiger partial charge in [-0.05, 0) is 17.7 Å². The van der Waals surface area contributed by atoms with Gasteiger partial charge >= 0.3 is 0 Å². The third kappa shape index (κ3) is 1.89. The molecule has 0 saturated heterocycles. The Morgan fingerprint density at radius 1 is 1.06 bits per heavy atom. The van der Waals surface area contributed by atoms with E-state index in [1.165, 1.54) is 0 Å². The molecule has 1 heterocycles. The summed E-state index contributed by atoms with van der Waals surface area (Å²) in [5, 5.41) is 0.487. The first-order chi connectivity index (χ1) is 8.75. The Labute approximate surface area is 110 Å². The molecular weight excluding hydrogens is 248 g/mol. The first-order valence-corrected chi connectivity index (χ1v) is 6.17. The molecule has 1 aliphatic rings. The van der Waals surface area contributed by atoms with Crippen LogP contribution in [-0.2, 0) is 0 Å². The van der Waals surface area contributed by atoms with Crippen LogP contribution >= 0.6 is 11.6 Å². The van der Waals surface area contributed by atoms with Gasteiger partial charge in [0.25, 0.3) is 0 Å². The van der Waals surface area contributed by atoms with E-state index < -0.39 is 0 Å². The second kappa shape index (κ2) is 4.46. The van der Waals surface area contributed by atoms with Crippen LogP contribution in [0.5, 0.6) is 5.75 Å². The quantitative estimate of drug-likeness (QED) is 0.771. The number of benzene rings is 2. The molecule has 2 nitrogen and oxygen atoms in total. The summed E-state index contributed by atoms with van der Waals surface area (Å²) in [6.45, 7) is 0. The summed E-state index contributed by atoms with van der Waals surface area (Å²) in [5.41, 5.74) is 1.58. The zero-order valence-corrected chi connectivity index (χ0v) is 10.4. The summed E-state index contributed by atoms with van der Waals surface area (Å²) in [6.07, 6.45) is 0.114. The predicted octanol–water partition coefficient (Wildman–Crippen LogP) is 4.05. The molecule has 0 amide bonds. The molecule has 3 heteroatoms. The highest BCUT2D eigenvalue weighted by atomic mass is 35.5. The average Bonchev–Trinajstić information content (AvgIpc) is 2.41. The first kappa shape index (κ1) is 11.3. The molecule has 1 aliphatic heterocycles. The molecule has 0 saturated carbocycles. The molecule has 0 radical (unpaired) electrons. The van der Waals surface area contributed by atoms with Gasteiger partial charge in [-0.3, -0.25) is 4.79 Å². The predicted molar refractivity (Wildman–Crippen MR) is 70.2 cm³/mol. The number of ether oxygens (including phenoxy) is 1. The van der Waals surface area contributed by atoms with Crippen molar-refractivity contribution >= 4 is 17.4 Å². The molecular formula is C15H11ClO2. The molecule has 2 aromatic rings. The van der Waals surface area contributed by atoms with Crippen LogP contribution in [0.25, 0.3) is 0 Å². The van der Waals surface area contributed by atoms with Crippen LogP contribution in [0.3, 0.4) is 0 Å². The number of hydrogen-bond donors (Lipinski definition) is 0. The fourth-order valence-corrected chi connectivity index (χ4v) is 2.38. The Hall–Kier alpha value is -1.80. The summed E-state index contributed by atoms with van der Waals surface area (Å²) in [7, 11) is 0. The highest BCUT2D eigenvalue weighted by Crippen LogP contribution is 2.39. The van der Waals surface area contributed by atoms with Crippen LogP contribution in [0.4, 0.5) is 0 Å². The van der Waals surface area contributed by atoms with Crippen molar-refractivity contribution in [2.75, 3.05) is 0 Å². The normalized spacial score (nSPS) is 18.1. The van der Waals surface area contributed by atoms with Gasteiger partial charge in [0.05, 0.1) is 17.0 Å². The molecule has 3 rings (SSSR count). The van der Waals surface area contributed by atoms with Gasteiger partial charge in [0.1, 0.15) is 11.9 Å². The van der Waals surface area contributed by atoms with Crippen molar-refractivity contribution < 1.29 is 9.53 Å². The number of carbonyl (C=O) groups is 1. The molecule has 2 aromatic carbocycles. The molecule has 0 bridgehead atoms. The molecule has 0 aliphatic carbocycles. The van der Waals surface area contributed by atoms with Crippen LogP contribution < -0.4 is 4.74 Å². The van der Waals surface area contributed by atoms with Crippen LogP contribution in [0.15, 0.2) is 48.5 Å². The van der Waals surface area contributed by atoms with E-state index in [0.717, 1.165) is 5.56 Å². The van der Waals surface area contributed by atoms with Gasteiger partial charge < -0.3 is 4.74 Å². The maximum absolute atomic E-state index is 12.1. The Morgan fingerprint density at radius 3 is 2.61 bits per heavy atom. The third-order valence-corrected chi connectivity index (χ3v) is 3.37. The van der Waals surface area contributed by atoms with E-state index in [4.69, 9.17) is 16.3 Å². The number of para-hydroxylation sites is 1. The molecule has 90 valence electrons. The van der Waals surface area contributed by atoms with E-state index in [-0.39, 0.29) is 11.9 Å². The van der Waals surface area contributed by atoms with Crippen LogP contribution in [0.2, 0.25) is 5.02 Å². The van der Waals surface area contributed by atoms with Crippen LogP contribution in [-0.4, -0.2) is 5.78 Å². The van der Waals surface area contributed by atoms with Crippen LogP contribution in [0, 0.1) is 0 Å². The van der Waals surface area contributed by atoms with E-state index >= 15 is 0 Å². The van der Waals surface area contributed by atoms with Crippen molar-refractivity contribution in [3.05, 3.63) is 64.7 Å². The lowest BCUT2D eigenvalue weighted by atomic mass is 9.96. The SMILES string of the molecule is O=C1C[C@H](c2ccccc2)Oc2c(Cl)cccc21. The summed E-state index contributed by atoms with van der Waals surface area (Å²) in [5.74, 6) is 0.580. The second-order valence-corrected chi connectivity index (χ2v) is 4.67. The number of rotatable bonds is 1. The minimum Gasteiger partial charge on any atom is -0.483 e. The first-order valence-electron chi connectivity index (χ1n) is 5.79. The molecule has 0 N–H and O–H groups in total. The summed E-state index contributed by atoms with van der Waals surface area (Å²) in [4.78, 5) is 12.1. The lowest BCUT2D eigenvalue weighted by molar-refractivity contribution is 0.0850. The van der Waals surface area contributed by atoms with Gasteiger partial charge in [-0.1, -0.05) is 48.0 Å². The monoisotopic (exact) mass is 258 g/mol. The molecule has 0 fully saturated rings. The number of fused-ring (bicyclic) bond motifs is 1. The molecule has 1 atom stereocenters. The smallest absolute Gasteiger partial charge is 0.170 e. The van der Waals surface area contributed by atoms with Gasteiger partial charge in [0.15, 0.2) is 5.78 Å². The zero-order chi connectivity index (χ0) is 12.5. The van der Waals surface area contributed by atoms with Crippen molar-refractivity contribution in [3.63, 3.8) is 0 Å². The number of ketones is 1. The number of Topliss-reactive ketones (excluding diaryl/α,β-unsaturated/α-hetero) is 1. The minimum absolute atomic E-state index is 0.0765. The largest absolute Gasteiger partial charge is 0.483 e. The third-order valence-electron chi connectivity index (χ3n) is 3.07. The van der Waals surface area contributed by atoms with Crippen molar-refractivity contribution in [2.45, 2.75) is 12.5 Å². The van der Waals surface area contributed by atoms with E-state index in [1.807, 2.05) is 30.3 Å². The Kier molecular flexibility index (Phi) is 2.80. The molecule has 0 unspecified atom stereocenters. The highest BCUT2D eigenvalue weighted by Gasteiger charge is 2.28. The maximum atomic E-state index is 12.1. The maximum Gasteiger partial charge on any atom is 0.170 e. The molecule has 0 spiro atoms. The van der Waals surface area contributed by atoms with E-state index in [0.29, 0.717) is 22.8 Å². The number of carbonyl (C=O) groups excluding carboxylic acids is 1. The van der Waals surface area contributed by atoms with Gasteiger partial charge in [-0.2, -0.15) is 0 Å². The molecule has 18 heavy (non-hydrogen) atoms. The van der Waals surface area contributed by atoms with Gasteiger partial charge in [0.2, 0.25) is 0 Å². The number of halogens is 1. The van der Waals surface area contributed by atoms with Gasteiger partial charge in [0, 0.05) is 0 Å². The zero-order valence-electron chi connectivity index (χ0n) is 9.60. The lowest BCUT2D eigenvalue weighted by Crippen LogP contribution is -2.20. The summed E-state index contributed by atoms with van der Waals surface area (Å²) in [6, 6.07) is 15.0. The van der Waals surface area contributed by atoms with Crippen molar-refractivity contribution in [1.29, 1.82) is 0 Å². The standard InChI is InChI=1S/C15H11ClO2/c16-12-8-4-7-11-13(17)9-14(18-15(11)12)10-5-2-1-3-6-10/h1-8,14H,9H2/t14-/m1/s1. The van der Waals surface area contributed by atoms with Crippen molar-refractivity contribution in [3.8, 4) is 5.75 Å². The Morgan fingerprint density at radius 2 is 1.83 bits per heavy atom. The Bertz CT molecular complexity index is 593. The second-order valence-electron chi connectivity index (χ2n) is 4.26. The Balaban J connectivity index is 2.01. The van der Waals surface area contributed by atoms with Crippen molar-refractivity contribution in [2.24, 2.45) is 0 Å². The fourth-order valence-electron chi connectivity index (χ4n) is 2.16.